The average molecular weight is 603 g/mol. The van der Waals surface area contributed by atoms with Gasteiger partial charge in [-0.3, -0.25) is 14.4 Å². The number of nitrogens with one attached hydrogen (secondary N) is 1. The fourth-order valence-electron chi connectivity index (χ4n) is 8.08. The topological polar surface area (TPSA) is 73.0 Å². The highest BCUT2D eigenvalue weighted by Gasteiger charge is 2.47. The smallest absolute Gasteiger partial charge is 0.254 e. The third-order valence-corrected chi connectivity index (χ3v) is 10.7. The van der Waals surface area contributed by atoms with E-state index in [-0.39, 0.29) is 42.1 Å². The van der Waals surface area contributed by atoms with E-state index in [0.717, 1.165) is 75.2 Å². The zero-order chi connectivity index (χ0) is 30.1. The lowest BCUT2D eigenvalue weighted by Crippen LogP contribution is -2.66. The molecule has 0 saturated carbocycles. The summed E-state index contributed by atoms with van der Waals surface area (Å²) in [5.74, 6) is -0.0226. The van der Waals surface area contributed by atoms with Crippen LogP contribution in [0.2, 0.25) is 0 Å². The summed E-state index contributed by atoms with van der Waals surface area (Å²) < 4.78 is 0. The Kier molecular flexibility index (Phi) is 9.15. The number of carbonyl (C=O) groups excluding carboxylic acids is 3. The molecule has 3 saturated heterocycles. The maximum atomic E-state index is 14.4. The molecule has 3 heterocycles. The van der Waals surface area contributed by atoms with Crippen LogP contribution in [-0.2, 0) is 29.0 Å². The molecule has 3 atom stereocenters. The van der Waals surface area contributed by atoms with Crippen molar-refractivity contribution in [3.05, 3.63) is 64.7 Å². The Bertz CT molecular complexity index is 1330. The zero-order valence-electron chi connectivity index (χ0n) is 25.6. The summed E-state index contributed by atoms with van der Waals surface area (Å²) in [5.41, 5.74) is 3.92. The average Bonchev–Trinajstić information content (AvgIpc) is 3.79. The van der Waals surface area contributed by atoms with Crippen LogP contribution < -0.4 is 5.32 Å². The monoisotopic (exact) mass is 602 g/mol. The Morgan fingerprint density at radius 3 is 2.35 bits per heavy atom. The maximum Gasteiger partial charge on any atom is 0.254 e. The molecule has 0 spiro atoms. The van der Waals surface area contributed by atoms with Gasteiger partial charge in [0.1, 0.15) is 12.1 Å². The van der Waals surface area contributed by atoms with E-state index in [2.05, 4.69) is 48.8 Å². The molecule has 1 aliphatic carbocycles. The SMILES string of the molecule is CCC(CC)[C@@H]1C(=O)N[C@H](C2Cc3ccccc3C2)C(=O)N1Cc1ccc(S)cc1C(=O)N1CCC[C@H]1CN1CCCC1. The first-order chi connectivity index (χ1) is 20.9. The summed E-state index contributed by atoms with van der Waals surface area (Å²) in [5, 5.41) is 3.17. The van der Waals surface area contributed by atoms with Gasteiger partial charge >= 0.3 is 0 Å². The quantitative estimate of drug-likeness (QED) is 0.408. The van der Waals surface area contributed by atoms with E-state index in [4.69, 9.17) is 0 Å². The van der Waals surface area contributed by atoms with Gasteiger partial charge in [0, 0.05) is 36.1 Å². The van der Waals surface area contributed by atoms with Gasteiger partial charge in [0.05, 0.1) is 0 Å². The van der Waals surface area contributed by atoms with Crippen LogP contribution in [0.3, 0.4) is 0 Å². The highest BCUT2D eigenvalue weighted by molar-refractivity contribution is 7.80. The number of hydrogen-bond donors (Lipinski definition) is 2. The van der Waals surface area contributed by atoms with E-state index in [1.165, 1.54) is 24.0 Å². The van der Waals surface area contributed by atoms with Gasteiger partial charge in [0.2, 0.25) is 11.8 Å². The van der Waals surface area contributed by atoms with Gasteiger partial charge in [-0.1, -0.05) is 57.0 Å². The molecule has 6 rings (SSSR count). The molecule has 4 aliphatic rings. The van der Waals surface area contributed by atoms with Crippen LogP contribution in [0.4, 0.5) is 0 Å². The van der Waals surface area contributed by atoms with Crippen molar-refractivity contribution in [2.75, 3.05) is 26.2 Å². The van der Waals surface area contributed by atoms with Crippen molar-refractivity contribution in [3.8, 4) is 0 Å². The number of benzene rings is 2. The molecule has 0 aromatic heterocycles. The van der Waals surface area contributed by atoms with E-state index in [0.29, 0.717) is 5.56 Å². The number of amides is 3. The number of hydrogen-bond acceptors (Lipinski definition) is 5. The number of rotatable bonds is 9. The number of thiol groups is 1. The van der Waals surface area contributed by atoms with Gasteiger partial charge in [-0.25, -0.2) is 0 Å². The van der Waals surface area contributed by atoms with E-state index >= 15 is 0 Å². The third kappa shape index (κ3) is 6.10. The Balaban J connectivity index is 1.29. The lowest BCUT2D eigenvalue weighted by molar-refractivity contribution is -0.154. The van der Waals surface area contributed by atoms with E-state index in [1.54, 1.807) is 4.90 Å². The molecule has 43 heavy (non-hydrogen) atoms. The number of piperazine rings is 1. The van der Waals surface area contributed by atoms with Crippen LogP contribution in [0, 0.1) is 11.8 Å². The molecule has 2 aromatic carbocycles. The van der Waals surface area contributed by atoms with Gasteiger partial charge in [-0.2, -0.15) is 0 Å². The first kappa shape index (κ1) is 30.2. The van der Waals surface area contributed by atoms with Crippen molar-refractivity contribution in [3.63, 3.8) is 0 Å². The highest BCUT2D eigenvalue weighted by Crippen LogP contribution is 2.34. The lowest BCUT2D eigenvalue weighted by atomic mass is 9.85. The fraction of sp³-hybridized carbons (Fsp3) is 0.571. The molecule has 3 fully saturated rings. The van der Waals surface area contributed by atoms with Gasteiger partial charge in [-0.15, -0.1) is 12.6 Å². The van der Waals surface area contributed by atoms with Gasteiger partial charge < -0.3 is 20.0 Å². The second-order valence-electron chi connectivity index (χ2n) is 13.1. The molecule has 1 N–H and O–H groups in total. The highest BCUT2D eigenvalue weighted by atomic mass is 32.1. The maximum absolute atomic E-state index is 14.4. The minimum atomic E-state index is -0.572. The zero-order valence-corrected chi connectivity index (χ0v) is 26.5. The number of fused-ring (bicyclic) bond motifs is 1. The van der Waals surface area contributed by atoms with Crippen molar-refractivity contribution < 1.29 is 14.4 Å². The van der Waals surface area contributed by atoms with Crippen LogP contribution in [0.1, 0.15) is 79.4 Å². The summed E-state index contributed by atoms with van der Waals surface area (Å²) in [6.07, 6.45) is 7.64. The van der Waals surface area contributed by atoms with Gasteiger partial charge in [0.25, 0.3) is 5.91 Å². The molecule has 0 radical (unpaired) electrons. The Morgan fingerprint density at radius 1 is 0.977 bits per heavy atom. The molecular formula is C35H46N4O3S. The van der Waals surface area contributed by atoms with Crippen LogP contribution in [0.25, 0.3) is 0 Å². The van der Waals surface area contributed by atoms with E-state index < -0.39 is 12.1 Å². The fourth-order valence-corrected chi connectivity index (χ4v) is 8.29. The number of nitrogens with zero attached hydrogens (tertiary/aromatic N) is 3. The first-order valence-corrected chi connectivity index (χ1v) is 16.9. The van der Waals surface area contributed by atoms with Crippen molar-refractivity contribution in [2.45, 2.75) is 94.8 Å². The minimum absolute atomic E-state index is 0.0170. The Morgan fingerprint density at radius 2 is 1.67 bits per heavy atom. The second kappa shape index (κ2) is 13.0. The van der Waals surface area contributed by atoms with E-state index in [9.17, 15) is 14.4 Å². The largest absolute Gasteiger partial charge is 0.342 e. The molecule has 2 aromatic rings. The van der Waals surface area contributed by atoms with Gasteiger partial charge in [-0.05, 0) is 92.3 Å². The predicted octanol–water partition coefficient (Wildman–Crippen LogP) is 4.72. The lowest BCUT2D eigenvalue weighted by Gasteiger charge is -2.44. The molecule has 3 aliphatic heterocycles. The van der Waals surface area contributed by atoms with Crippen LogP contribution in [-0.4, -0.2) is 76.7 Å². The van der Waals surface area contributed by atoms with Crippen LogP contribution in [0.15, 0.2) is 47.4 Å². The standard InChI is InChI=1S/C35H46N4O3S/c1-3-23(4-2)32-33(40)36-31(27-18-24-10-5-6-11-25(24)19-27)35(42)39(32)21-26-13-14-29(43)20-30(26)34(41)38-17-9-12-28(38)22-37-15-7-8-16-37/h5-6,10-11,13-14,20,23,27-28,31-32,43H,3-4,7-9,12,15-19,21-22H2,1-2H3,(H,36,40)/t28-,31+,32+/m0/s1. The van der Waals surface area contributed by atoms with Crippen LogP contribution in [0.5, 0.6) is 0 Å². The number of carbonyl (C=O) groups is 3. The summed E-state index contributed by atoms with van der Waals surface area (Å²) >= 11 is 4.61. The number of likely N-dealkylation sites (tertiary alicyclic amines) is 2. The Labute approximate surface area is 261 Å². The Hall–Kier alpha value is -2.84. The summed E-state index contributed by atoms with van der Waals surface area (Å²) in [4.78, 5) is 49.5. The first-order valence-electron chi connectivity index (χ1n) is 16.4. The molecule has 0 unspecified atom stereocenters. The second-order valence-corrected chi connectivity index (χ2v) is 13.6. The van der Waals surface area contributed by atoms with Crippen molar-refractivity contribution in [2.24, 2.45) is 11.8 Å². The predicted molar refractivity (Wildman–Crippen MR) is 171 cm³/mol. The molecule has 8 heteroatoms. The summed E-state index contributed by atoms with van der Waals surface area (Å²) in [7, 11) is 0. The normalized spacial score (nSPS) is 24.7. The third-order valence-electron chi connectivity index (χ3n) is 10.5. The van der Waals surface area contributed by atoms with E-state index in [1.807, 2.05) is 35.2 Å². The molecule has 3 amide bonds. The van der Waals surface area contributed by atoms with Crippen LogP contribution >= 0.6 is 12.6 Å². The minimum Gasteiger partial charge on any atom is -0.342 e. The molecule has 0 bridgehead atoms. The van der Waals surface area contributed by atoms with Gasteiger partial charge in [0.15, 0.2) is 0 Å². The molecule has 7 nitrogen and oxygen atoms in total. The molecule has 230 valence electrons. The van der Waals surface area contributed by atoms with Crippen molar-refractivity contribution in [1.82, 2.24) is 20.0 Å². The summed E-state index contributed by atoms with van der Waals surface area (Å²) in [6.45, 7) is 8.31. The molecular weight excluding hydrogens is 556 g/mol. The van der Waals surface area contributed by atoms with Crippen molar-refractivity contribution >= 4 is 30.4 Å². The summed E-state index contributed by atoms with van der Waals surface area (Å²) in [6, 6.07) is 13.1. The van der Waals surface area contributed by atoms with Crippen molar-refractivity contribution in [1.29, 1.82) is 0 Å².